The summed E-state index contributed by atoms with van der Waals surface area (Å²) in [5, 5.41) is 0. The minimum Gasteiger partial charge on any atom is -0.306 e. The van der Waals surface area contributed by atoms with Gasteiger partial charge in [0.1, 0.15) is 0 Å². The largest absolute Gasteiger partial charge is 0.306 e. The molecule has 0 saturated heterocycles. The maximum Gasteiger partial charge on any atom is 0.0995 e. The number of allylic oxidation sites excluding steroid dienone is 2. The molecule has 90 valence electrons. The molecular formula is C14H24N2. The van der Waals surface area contributed by atoms with Gasteiger partial charge in [-0.1, -0.05) is 39.8 Å². The van der Waals surface area contributed by atoms with Crippen molar-refractivity contribution in [1.29, 1.82) is 0 Å². The van der Waals surface area contributed by atoms with E-state index in [0.29, 0.717) is 5.92 Å². The fourth-order valence-corrected chi connectivity index (χ4v) is 1.44. The molecule has 0 radical (unpaired) electrons. The molecule has 0 saturated carbocycles. The van der Waals surface area contributed by atoms with Gasteiger partial charge in [-0.05, 0) is 25.8 Å². The summed E-state index contributed by atoms with van der Waals surface area (Å²) < 4.78 is 2.05. The second-order valence-electron chi connectivity index (χ2n) is 3.56. The van der Waals surface area contributed by atoms with Gasteiger partial charge in [-0.25, -0.2) is 4.98 Å². The second kappa shape index (κ2) is 7.91. The zero-order chi connectivity index (χ0) is 12.6. The van der Waals surface area contributed by atoms with E-state index in [1.54, 1.807) is 0 Å². The van der Waals surface area contributed by atoms with E-state index in [-0.39, 0.29) is 0 Å². The molecule has 1 aromatic rings. The lowest BCUT2D eigenvalue weighted by Crippen LogP contribution is -1.93. The predicted octanol–water partition coefficient (Wildman–Crippen LogP) is 4.56. The number of imidazole rings is 1. The Morgan fingerprint density at radius 1 is 1.19 bits per heavy atom. The quantitative estimate of drug-likeness (QED) is 0.730. The Labute approximate surface area is 99.7 Å². The van der Waals surface area contributed by atoms with Crippen LogP contribution in [0.5, 0.6) is 0 Å². The summed E-state index contributed by atoms with van der Waals surface area (Å²) in [4.78, 5) is 4.41. The topological polar surface area (TPSA) is 17.8 Å². The molecule has 16 heavy (non-hydrogen) atoms. The first kappa shape index (κ1) is 14.7. The van der Waals surface area contributed by atoms with Crippen LogP contribution in [0.4, 0.5) is 0 Å². The molecule has 0 N–H and O–H groups in total. The third-order valence-corrected chi connectivity index (χ3v) is 2.04. The van der Waals surface area contributed by atoms with E-state index in [9.17, 15) is 0 Å². The van der Waals surface area contributed by atoms with Crippen molar-refractivity contribution >= 4 is 12.3 Å². The van der Waals surface area contributed by atoms with Gasteiger partial charge in [0, 0.05) is 6.20 Å². The number of nitrogens with zero attached hydrogens (tertiary/aromatic N) is 2. The highest BCUT2D eigenvalue weighted by Crippen LogP contribution is 2.19. The Kier molecular flexibility index (Phi) is 7.27. The van der Waals surface area contributed by atoms with E-state index < -0.39 is 0 Å². The summed E-state index contributed by atoms with van der Waals surface area (Å²) in [5.74, 6) is 0.465. The molecule has 0 bridgehead atoms. The molecule has 1 rings (SSSR count). The summed E-state index contributed by atoms with van der Waals surface area (Å²) in [6.45, 7) is 12.4. The molecule has 2 nitrogen and oxygen atoms in total. The van der Waals surface area contributed by atoms with Crippen LogP contribution in [0.3, 0.4) is 0 Å². The smallest absolute Gasteiger partial charge is 0.0995 e. The molecule has 0 amide bonds. The fraction of sp³-hybridized carbons (Fsp3) is 0.500. The highest BCUT2D eigenvalue weighted by Gasteiger charge is 2.09. The third kappa shape index (κ3) is 3.69. The summed E-state index contributed by atoms with van der Waals surface area (Å²) in [7, 11) is 0. The number of rotatable bonds is 3. The Bertz CT molecular complexity index is 344. The molecule has 0 aliphatic rings. The fourth-order valence-electron chi connectivity index (χ4n) is 1.44. The first-order valence-electron chi connectivity index (χ1n) is 6.03. The van der Waals surface area contributed by atoms with Crippen LogP contribution >= 0.6 is 0 Å². The lowest BCUT2D eigenvalue weighted by atomic mass is 10.1. The van der Waals surface area contributed by atoms with Crippen molar-refractivity contribution in [3.05, 3.63) is 29.9 Å². The Balaban J connectivity index is 0.00000106. The maximum atomic E-state index is 4.41. The molecule has 1 heterocycles. The van der Waals surface area contributed by atoms with E-state index in [4.69, 9.17) is 0 Å². The summed E-state index contributed by atoms with van der Waals surface area (Å²) in [5.41, 5.74) is 2.34. The normalized spacial score (nSPS) is 11.2. The molecule has 0 atom stereocenters. The van der Waals surface area contributed by atoms with Crippen LogP contribution in [-0.2, 0) is 0 Å². The highest BCUT2D eigenvalue weighted by molar-refractivity contribution is 5.52. The van der Waals surface area contributed by atoms with Gasteiger partial charge in [0.05, 0.1) is 17.7 Å². The van der Waals surface area contributed by atoms with Crippen molar-refractivity contribution in [3.8, 4) is 0 Å². The molecule has 0 spiro atoms. The average Bonchev–Trinajstić information content (AvgIpc) is 2.66. The minimum atomic E-state index is 0.465. The molecule has 0 fully saturated rings. The van der Waals surface area contributed by atoms with Gasteiger partial charge in [-0.2, -0.15) is 0 Å². The first-order chi connectivity index (χ1) is 7.70. The van der Waals surface area contributed by atoms with Crippen molar-refractivity contribution in [2.24, 2.45) is 0 Å². The van der Waals surface area contributed by atoms with Gasteiger partial charge in [0.25, 0.3) is 0 Å². The summed E-state index contributed by atoms with van der Waals surface area (Å²) >= 11 is 0. The average molecular weight is 220 g/mol. The Morgan fingerprint density at radius 2 is 1.81 bits per heavy atom. The van der Waals surface area contributed by atoms with Crippen LogP contribution in [-0.4, -0.2) is 9.55 Å². The standard InChI is InChI=1S/C12H18N2.C2H6/c1-5-7-11-12(10(3)4)13-9-14(11)8-6-2;1-2/h5-10H,1-4H3;1-2H3/b7-5-,8-6-;. The third-order valence-electron chi connectivity index (χ3n) is 2.04. The van der Waals surface area contributed by atoms with Gasteiger partial charge in [0.15, 0.2) is 0 Å². The predicted molar refractivity (Wildman–Crippen MR) is 73.4 cm³/mol. The van der Waals surface area contributed by atoms with E-state index in [1.165, 1.54) is 5.69 Å². The van der Waals surface area contributed by atoms with Gasteiger partial charge in [-0.15, -0.1) is 0 Å². The molecule has 0 aliphatic carbocycles. The van der Waals surface area contributed by atoms with Crippen LogP contribution in [0, 0.1) is 0 Å². The molecule has 2 heteroatoms. The molecule has 0 aliphatic heterocycles. The molecule has 0 aromatic carbocycles. The first-order valence-corrected chi connectivity index (χ1v) is 6.03. The van der Waals surface area contributed by atoms with E-state index >= 15 is 0 Å². The van der Waals surface area contributed by atoms with Crippen LogP contribution in [0.15, 0.2) is 18.5 Å². The van der Waals surface area contributed by atoms with Gasteiger partial charge >= 0.3 is 0 Å². The summed E-state index contributed by atoms with van der Waals surface area (Å²) in [6.07, 6.45) is 10.0. The van der Waals surface area contributed by atoms with Crippen molar-refractivity contribution < 1.29 is 0 Å². The number of hydrogen-bond donors (Lipinski definition) is 0. The maximum absolute atomic E-state index is 4.41. The van der Waals surface area contributed by atoms with Crippen LogP contribution < -0.4 is 0 Å². The Morgan fingerprint density at radius 3 is 2.25 bits per heavy atom. The monoisotopic (exact) mass is 220 g/mol. The number of aromatic nitrogens is 2. The van der Waals surface area contributed by atoms with Crippen molar-refractivity contribution in [2.75, 3.05) is 0 Å². The van der Waals surface area contributed by atoms with Crippen molar-refractivity contribution in [3.63, 3.8) is 0 Å². The van der Waals surface area contributed by atoms with E-state index in [2.05, 4.69) is 29.5 Å². The van der Waals surface area contributed by atoms with E-state index in [1.807, 2.05) is 52.4 Å². The van der Waals surface area contributed by atoms with Crippen molar-refractivity contribution in [1.82, 2.24) is 9.55 Å². The molecule has 1 aromatic heterocycles. The Hall–Kier alpha value is -1.31. The van der Waals surface area contributed by atoms with Crippen LogP contribution in [0.1, 0.15) is 58.8 Å². The highest BCUT2D eigenvalue weighted by atomic mass is 15.0. The van der Waals surface area contributed by atoms with E-state index in [0.717, 1.165) is 5.69 Å². The lowest BCUT2D eigenvalue weighted by Gasteiger charge is -2.04. The zero-order valence-corrected chi connectivity index (χ0v) is 11.4. The number of hydrogen-bond acceptors (Lipinski definition) is 1. The van der Waals surface area contributed by atoms with Crippen molar-refractivity contribution in [2.45, 2.75) is 47.5 Å². The second-order valence-corrected chi connectivity index (χ2v) is 3.56. The summed E-state index contributed by atoms with van der Waals surface area (Å²) in [6, 6.07) is 0. The van der Waals surface area contributed by atoms with Gasteiger partial charge in [-0.3, -0.25) is 0 Å². The SMILES string of the molecule is C/C=C\c1c(C(C)C)ncn1/C=C\C.CC. The van der Waals surface area contributed by atoms with Crippen LogP contribution in [0.25, 0.3) is 12.3 Å². The van der Waals surface area contributed by atoms with Gasteiger partial charge in [0.2, 0.25) is 0 Å². The zero-order valence-electron chi connectivity index (χ0n) is 11.4. The lowest BCUT2D eigenvalue weighted by molar-refractivity contribution is 0.829. The van der Waals surface area contributed by atoms with Crippen LogP contribution in [0.2, 0.25) is 0 Å². The molecular weight excluding hydrogens is 196 g/mol. The minimum absolute atomic E-state index is 0.465. The molecule has 0 unspecified atom stereocenters. The van der Waals surface area contributed by atoms with Gasteiger partial charge < -0.3 is 4.57 Å².